The molecule has 1 amide bonds. The second-order valence-corrected chi connectivity index (χ2v) is 6.24. The van der Waals surface area contributed by atoms with Gasteiger partial charge >= 0.3 is 0 Å². The van der Waals surface area contributed by atoms with Gasteiger partial charge in [0.15, 0.2) is 0 Å². The van der Waals surface area contributed by atoms with Crippen LogP contribution in [0, 0.1) is 0 Å². The van der Waals surface area contributed by atoms with Crippen LogP contribution in [0.25, 0.3) is 0 Å². The van der Waals surface area contributed by atoms with Crippen LogP contribution in [0.1, 0.15) is 15.9 Å². The number of anilines is 1. The van der Waals surface area contributed by atoms with Gasteiger partial charge in [-0.15, -0.1) is 0 Å². The molecule has 0 aliphatic carbocycles. The first-order chi connectivity index (χ1) is 9.10. The minimum Gasteiger partial charge on any atom is -0.321 e. The molecule has 0 unspecified atom stereocenters. The van der Waals surface area contributed by atoms with Crippen molar-refractivity contribution in [2.75, 3.05) is 5.32 Å². The Balaban J connectivity index is 2.18. The van der Waals surface area contributed by atoms with Gasteiger partial charge in [0.2, 0.25) is 0 Å². The van der Waals surface area contributed by atoms with Crippen molar-refractivity contribution < 1.29 is 4.79 Å². The monoisotopic (exact) mass is 445 g/mol. The van der Waals surface area contributed by atoms with Gasteiger partial charge in [0.1, 0.15) is 0 Å². The lowest BCUT2D eigenvalue weighted by Crippen LogP contribution is -2.12. The molecule has 0 aliphatic rings. The van der Waals surface area contributed by atoms with Crippen molar-refractivity contribution in [1.29, 1.82) is 0 Å². The molecule has 0 fully saturated rings. The highest BCUT2D eigenvalue weighted by molar-refractivity contribution is 9.11. The van der Waals surface area contributed by atoms with Gasteiger partial charge in [0.25, 0.3) is 5.91 Å². The molecule has 98 valence electrons. The molecule has 0 atom stereocenters. The Bertz CT molecular complexity index is 596. The second-order valence-electron chi connectivity index (χ2n) is 3.91. The van der Waals surface area contributed by atoms with Crippen molar-refractivity contribution >= 4 is 59.4 Å². The number of alkyl halides is 1. The van der Waals surface area contributed by atoms with Crippen molar-refractivity contribution in [3.05, 3.63) is 62.5 Å². The second kappa shape index (κ2) is 6.68. The predicted octanol–water partition coefficient (Wildman–Crippen LogP) is 5.36. The van der Waals surface area contributed by atoms with Crippen LogP contribution in [0.3, 0.4) is 0 Å². The van der Waals surface area contributed by atoms with E-state index in [0.717, 1.165) is 25.5 Å². The number of amides is 1. The maximum absolute atomic E-state index is 12.1. The minimum atomic E-state index is -0.125. The Kier molecular flexibility index (Phi) is 5.19. The van der Waals surface area contributed by atoms with Crippen molar-refractivity contribution in [2.24, 2.45) is 0 Å². The van der Waals surface area contributed by atoms with E-state index in [-0.39, 0.29) is 5.91 Å². The quantitative estimate of drug-likeness (QED) is 0.630. The zero-order chi connectivity index (χ0) is 13.8. The molecule has 2 aromatic rings. The number of hydrogen-bond donors (Lipinski definition) is 1. The van der Waals surface area contributed by atoms with Crippen LogP contribution in [-0.4, -0.2) is 5.91 Å². The van der Waals surface area contributed by atoms with Gasteiger partial charge in [-0.2, -0.15) is 0 Å². The van der Waals surface area contributed by atoms with E-state index in [9.17, 15) is 4.79 Å². The standard InChI is InChI=1S/C14H10Br3NO/c15-8-9-1-3-10(4-2-9)14(19)18-13-7-11(16)5-6-12(13)17/h1-7H,8H2,(H,18,19). The molecule has 0 aliphatic heterocycles. The third-order valence-corrected chi connectivity index (χ3v) is 4.38. The van der Waals surface area contributed by atoms with Crippen LogP contribution in [0.15, 0.2) is 51.4 Å². The fourth-order valence-electron chi connectivity index (χ4n) is 1.53. The van der Waals surface area contributed by atoms with E-state index in [1.54, 1.807) is 0 Å². The normalized spacial score (nSPS) is 10.3. The Labute approximate surface area is 137 Å². The average molecular weight is 448 g/mol. The molecule has 0 aromatic heterocycles. The van der Waals surface area contributed by atoms with Crippen molar-refractivity contribution in [1.82, 2.24) is 0 Å². The number of carbonyl (C=O) groups is 1. The van der Waals surface area contributed by atoms with Crippen LogP contribution in [0.2, 0.25) is 0 Å². The topological polar surface area (TPSA) is 29.1 Å². The van der Waals surface area contributed by atoms with Gasteiger partial charge < -0.3 is 5.32 Å². The average Bonchev–Trinajstić information content (AvgIpc) is 2.43. The van der Waals surface area contributed by atoms with Gasteiger partial charge in [0, 0.05) is 19.8 Å². The van der Waals surface area contributed by atoms with Crippen LogP contribution in [0.5, 0.6) is 0 Å². The fraction of sp³-hybridized carbons (Fsp3) is 0.0714. The van der Waals surface area contributed by atoms with E-state index >= 15 is 0 Å². The van der Waals surface area contributed by atoms with E-state index < -0.39 is 0 Å². The number of carbonyl (C=O) groups excluding carboxylic acids is 1. The first-order valence-corrected chi connectivity index (χ1v) is 8.22. The molecule has 2 rings (SSSR count). The summed E-state index contributed by atoms with van der Waals surface area (Å²) in [4.78, 5) is 12.1. The Hall–Kier alpha value is -0.650. The molecule has 0 spiro atoms. The molecule has 19 heavy (non-hydrogen) atoms. The molecule has 1 N–H and O–H groups in total. The third kappa shape index (κ3) is 3.91. The van der Waals surface area contributed by atoms with E-state index in [0.29, 0.717) is 5.56 Å². The highest BCUT2D eigenvalue weighted by atomic mass is 79.9. The Morgan fingerprint density at radius 1 is 1.05 bits per heavy atom. The number of benzene rings is 2. The predicted molar refractivity (Wildman–Crippen MR) is 88.9 cm³/mol. The van der Waals surface area contributed by atoms with E-state index in [2.05, 4.69) is 53.1 Å². The smallest absolute Gasteiger partial charge is 0.255 e. The third-order valence-electron chi connectivity index (χ3n) is 2.55. The maximum atomic E-state index is 12.1. The Morgan fingerprint density at radius 3 is 2.37 bits per heavy atom. The number of hydrogen-bond acceptors (Lipinski definition) is 1. The van der Waals surface area contributed by atoms with E-state index in [1.807, 2.05) is 42.5 Å². The van der Waals surface area contributed by atoms with Gasteiger partial charge in [-0.1, -0.05) is 44.0 Å². The summed E-state index contributed by atoms with van der Waals surface area (Å²) in [6, 6.07) is 13.1. The molecule has 0 radical (unpaired) electrons. The summed E-state index contributed by atoms with van der Waals surface area (Å²) >= 11 is 10.2. The van der Waals surface area contributed by atoms with Gasteiger partial charge in [0.05, 0.1) is 5.69 Å². The lowest BCUT2D eigenvalue weighted by molar-refractivity contribution is 0.102. The van der Waals surface area contributed by atoms with E-state index in [4.69, 9.17) is 0 Å². The first kappa shape index (κ1) is 14.8. The van der Waals surface area contributed by atoms with Crippen molar-refractivity contribution in [3.63, 3.8) is 0 Å². The Morgan fingerprint density at radius 2 is 1.74 bits per heavy atom. The molecule has 5 heteroatoms. The summed E-state index contributed by atoms with van der Waals surface area (Å²) in [5.74, 6) is -0.125. The molecule has 0 bridgehead atoms. The number of nitrogens with one attached hydrogen (secondary N) is 1. The summed E-state index contributed by atoms with van der Waals surface area (Å²) in [5.41, 5.74) is 2.51. The summed E-state index contributed by atoms with van der Waals surface area (Å²) < 4.78 is 1.77. The van der Waals surface area contributed by atoms with Gasteiger partial charge in [-0.05, 0) is 51.8 Å². The highest BCUT2D eigenvalue weighted by Gasteiger charge is 2.08. The minimum absolute atomic E-state index is 0.125. The zero-order valence-corrected chi connectivity index (χ0v) is 14.5. The molecular formula is C14H10Br3NO. The summed E-state index contributed by atoms with van der Waals surface area (Å²) in [5, 5.41) is 3.66. The summed E-state index contributed by atoms with van der Waals surface area (Å²) in [7, 11) is 0. The van der Waals surface area contributed by atoms with Gasteiger partial charge in [-0.3, -0.25) is 4.79 Å². The lowest BCUT2D eigenvalue weighted by atomic mass is 10.1. The maximum Gasteiger partial charge on any atom is 0.255 e. The van der Waals surface area contributed by atoms with Crippen LogP contribution in [-0.2, 0) is 5.33 Å². The first-order valence-electron chi connectivity index (χ1n) is 5.51. The molecule has 2 nitrogen and oxygen atoms in total. The molecular weight excluding hydrogens is 438 g/mol. The summed E-state index contributed by atoms with van der Waals surface area (Å²) in [6.07, 6.45) is 0. The van der Waals surface area contributed by atoms with Crippen molar-refractivity contribution in [3.8, 4) is 0 Å². The molecule has 0 saturated carbocycles. The number of rotatable bonds is 3. The lowest BCUT2D eigenvalue weighted by Gasteiger charge is -2.08. The molecule has 0 heterocycles. The van der Waals surface area contributed by atoms with Crippen LogP contribution in [0.4, 0.5) is 5.69 Å². The number of halogens is 3. The molecule has 0 saturated heterocycles. The molecule has 2 aromatic carbocycles. The van der Waals surface area contributed by atoms with Crippen LogP contribution < -0.4 is 5.32 Å². The summed E-state index contributed by atoms with van der Waals surface area (Å²) in [6.45, 7) is 0. The van der Waals surface area contributed by atoms with E-state index in [1.165, 1.54) is 0 Å². The zero-order valence-electron chi connectivity index (χ0n) is 9.79. The van der Waals surface area contributed by atoms with Crippen LogP contribution >= 0.6 is 47.8 Å². The van der Waals surface area contributed by atoms with Crippen molar-refractivity contribution in [2.45, 2.75) is 5.33 Å². The fourth-order valence-corrected chi connectivity index (χ4v) is 2.61. The highest BCUT2D eigenvalue weighted by Crippen LogP contribution is 2.26. The SMILES string of the molecule is O=C(Nc1cc(Br)ccc1Br)c1ccc(CBr)cc1. The van der Waals surface area contributed by atoms with Gasteiger partial charge in [-0.25, -0.2) is 0 Å². The largest absolute Gasteiger partial charge is 0.321 e.